The minimum Gasteiger partial charge on any atom is -0.481 e. The summed E-state index contributed by atoms with van der Waals surface area (Å²) >= 11 is 1.59. The molecule has 0 saturated heterocycles. The number of aliphatic carboxylic acids is 1. The fourth-order valence-corrected chi connectivity index (χ4v) is 3.29. The van der Waals surface area contributed by atoms with Crippen LogP contribution in [0.5, 0.6) is 0 Å². The zero-order valence-electron chi connectivity index (χ0n) is 11.6. The molecule has 1 aliphatic carbocycles. The van der Waals surface area contributed by atoms with Crippen LogP contribution in [0.4, 0.5) is 4.79 Å². The maximum absolute atomic E-state index is 12.0. The highest BCUT2D eigenvalue weighted by Gasteiger charge is 2.41. The van der Waals surface area contributed by atoms with Gasteiger partial charge in [0.2, 0.25) is 0 Å². The van der Waals surface area contributed by atoms with Crippen molar-refractivity contribution in [3.63, 3.8) is 0 Å². The molecule has 0 aliphatic heterocycles. The number of hydrogen-bond donors (Lipinski definition) is 2. The maximum Gasteiger partial charge on any atom is 0.317 e. The summed E-state index contributed by atoms with van der Waals surface area (Å²) in [5.41, 5.74) is 0.320. The zero-order chi connectivity index (χ0) is 14.6. The van der Waals surface area contributed by atoms with Gasteiger partial charge in [0.15, 0.2) is 0 Å². The van der Waals surface area contributed by atoms with E-state index in [2.05, 4.69) is 5.32 Å². The van der Waals surface area contributed by atoms with Crippen LogP contribution in [0.1, 0.15) is 31.2 Å². The zero-order valence-corrected chi connectivity index (χ0v) is 12.4. The summed E-state index contributed by atoms with van der Waals surface area (Å²) in [5.74, 6) is -0.796. The van der Waals surface area contributed by atoms with E-state index in [-0.39, 0.29) is 12.6 Å². The average Bonchev–Trinajstić information content (AvgIpc) is 3.07. The summed E-state index contributed by atoms with van der Waals surface area (Å²) in [6, 6.07) is 1.76. The summed E-state index contributed by atoms with van der Waals surface area (Å²) in [7, 11) is 1.72. The van der Waals surface area contributed by atoms with E-state index in [1.54, 1.807) is 23.3 Å². The number of urea groups is 1. The van der Waals surface area contributed by atoms with Crippen LogP contribution in [-0.2, 0) is 11.3 Å². The Hall–Kier alpha value is -1.56. The van der Waals surface area contributed by atoms with Crippen molar-refractivity contribution in [3.05, 3.63) is 22.4 Å². The van der Waals surface area contributed by atoms with Crippen LogP contribution in [0.25, 0.3) is 0 Å². The van der Waals surface area contributed by atoms with E-state index in [1.165, 1.54) is 0 Å². The van der Waals surface area contributed by atoms with E-state index in [9.17, 15) is 14.7 Å². The second-order valence-electron chi connectivity index (χ2n) is 5.44. The molecule has 1 aromatic heterocycles. The van der Waals surface area contributed by atoms with Crippen LogP contribution in [0.2, 0.25) is 0 Å². The van der Waals surface area contributed by atoms with Crippen molar-refractivity contribution >= 4 is 23.3 Å². The molecule has 0 radical (unpaired) electrons. The molecule has 2 rings (SSSR count). The Morgan fingerprint density at radius 1 is 1.45 bits per heavy atom. The highest BCUT2D eigenvalue weighted by atomic mass is 32.1. The summed E-state index contributed by atoms with van der Waals surface area (Å²) in [6.45, 7) is 0.755. The van der Waals surface area contributed by atoms with Crippen LogP contribution in [-0.4, -0.2) is 35.6 Å². The minimum absolute atomic E-state index is 0.217. The Kier molecular flexibility index (Phi) is 4.65. The van der Waals surface area contributed by atoms with Gasteiger partial charge in [0.05, 0.1) is 5.41 Å². The number of nitrogens with zero attached hydrogens (tertiary/aromatic N) is 1. The molecule has 0 spiro atoms. The number of thiophene rings is 1. The standard InChI is InChI=1S/C14H20N2O3S/c1-16(8-11-4-7-20-9-11)13(19)15-10-14(12(17)18)5-2-3-6-14/h4,7,9H,2-3,5-6,8,10H2,1H3,(H,15,19)(H,17,18). The van der Waals surface area contributed by atoms with Crippen molar-refractivity contribution in [3.8, 4) is 0 Å². The Morgan fingerprint density at radius 2 is 2.15 bits per heavy atom. The summed E-state index contributed by atoms with van der Waals surface area (Å²) in [4.78, 5) is 25.0. The molecule has 1 saturated carbocycles. The predicted molar refractivity (Wildman–Crippen MR) is 77.7 cm³/mol. The SMILES string of the molecule is CN(Cc1ccsc1)C(=O)NCC1(C(=O)O)CCCC1. The van der Waals surface area contributed by atoms with Gasteiger partial charge in [0, 0.05) is 20.1 Å². The van der Waals surface area contributed by atoms with E-state index >= 15 is 0 Å². The number of carbonyl (C=O) groups excluding carboxylic acids is 1. The van der Waals surface area contributed by atoms with Crippen molar-refractivity contribution in [2.45, 2.75) is 32.2 Å². The lowest BCUT2D eigenvalue weighted by Crippen LogP contribution is -2.45. The van der Waals surface area contributed by atoms with Gasteiger partial charge in [-0.25, -0.2) is 4.79 Å². The van der Waals surface area contributed by atoms with Gasteiger partial charge >= 0.3 is 12.0 Å². The Bertz CT molecular complexity index is 467. The lowest BCUT2D eigenvalue weighted by atomic mass is 9.86. The topological polar surface area (TPSA) is 69.6 Å². The first-order valence-electron chi connectivity index (χ1n) is 6.77. The third-order valence-electron chi connectivity index (χ3n) is 3.94. The molecule has 0 bridgehead atoms. The molecule has 20 heavy (non-hydrogen) atoms. The summed E-state index contributed by atoms with van der Waals surface area (Å²) in [5, 5.41) is 16.1. The molecule has 1 heterocycles. The van der Waals surface area contributed by atoms with Gasteiger partial charge in [0.25, 0.3) is 0 Å². The summed E-state index contributed by atoms with van der Waals surface area (Å²) < 4.78 is 0. The number of nitrogens with one attached hydrogen (secondary N) is 1. The Labute approximate surface area is 122 Å². The molecule has 0 atom stereocenters. The van der Waals surface area contributed by atoms with Gasteiger partial charge in [-0.3, -0.25) is 4.79 Å². The molecule has 2 N–H and O–H groups in total. The van der Waals surface area contributed by atoms with Crippen LogP contribution < -0.4 is 5.32 Å². The molecule has 1 aliphatic rings. The van der Waals surface area contributed by atoms with Gasteiger partial charge in [0.1, 0.15) is 0 Å². The number of amides is 2. The molecular weight excluding hydrogens is 276 g/mol. The predicted octanol–water partition coefficient (Wildman–Crippen LogP) is 2.53. The van der Waals surface area contributed by atoms with Crippen LogP contribution in [0.15, 0.2) is 16.8 Å². The largest absolute Gasteiger partial charge is 0.481 e. The monoisotopic (exact) mass is 296 g/mol. The highest BCUT2D eigenvalue weighted by molar-refractivity contribution is 7.07. The first-order valence-corrected chi connectivity index (χ1v) is 7.71. The minimum atomic E-state index is -0.796. The van der Waals surface area contributed by atoms with E-state index < -0.39 is 11.4 Å². The molecule has 110 valence electrons. The van der Waals surface area contributed by atoms with Crippen molar-refractivity contribution in [2.75, 3.05) is 13.6 Å². The number of rotatable bonds is 5. The van der Waals surface area contributed by atoms with Crippen LogP contribution >= 0.6 is 11.3 Å². The van der Waals surface area contributed by atoms with Gasteiger partial charge in [-0.2, -0.15) is 11.3 Å². The molecule has 2 amide bonds. The highest BCUT2D eigenvalue weighted by Crippen LogP contribution is 2.37. The first kappa shape index (κ1) is 14.8. The second kappa shape index (κ2) is 6.26. The molecule has 1 aromatic rings. The number of carbonyl (C=O) groups is 2. The van der Waals surface area contributed by atoms with Crippen molar-refractivity contribution < 1.29 is 14.7 Å². The third kappa shape index (κ3) is 3.30. The number of carboxylic acid groups (broad SMARTS) is 1. The van der Waals surface area contributed by atoms with E-state index in [1.807, 2.05) is 16.8 Å². The average molecular weight is 296 g/mol. The Balaban J connectivity index is 1.86. The first-order chi connectivity index (χ1) is 9.53. The molecule has 0 unspecified atom stereocenters. The number of carboxylic acids is 1. The molecule has 6 heteroatoms. The van der Waals surface area contributed by atoms with Crippen LogP contribution in [0.3, 0.4) is 0 Å². The number of hydrogen-bond acceptors (Lipinski definition) is 3. The molecule has 0 aromatic carbocycles. The quantitative estimate of drug-likeness (QED) is 0.877. The molecule has 1 fully saturated rings. The fourth-order valence-electron chi connectivity index (χ4n) is 2.63. The lowest BCUT2D eigenvalue weighted by Gasteiger charge is -2.26. The van der Waals surface area contributed by atoms with Crippen molar-refractivity contribution in [1.29, 1.82) is 0 Å². The van der Waals surface area contributed by atoms with E-state index in [0.29, 0.717) is 19.4 Å². The third-order valence-corrected chi connectivity index (χ3v) is 4.67. The summed E-state index contributed by atoms with van der Waals surface area (Å²) in [6.07, 6.45) is 3.15. The lowest BCUT2D eigenvalue weighted by molar-refractivity contribution is -0.148. The second-order valence-corrected chi connectivity index (χ2v) is 6.22. The smallest absolute Gasteiger partial charge is 0.317 e. The van der Waals surface area contributed by atoms with Crippen LogP contribution in [0, 0.1) is 5.41 Å². The Morgan fingerprint density at radius 3 is 2.70 bits per heavy atom. The fraction of sp³-hybridized carbons (Fsp3) is 0.571. The van der Waals surface area contributed by atoms with Gasteiger partial charge in [-0.05, 0) is 35.2 Å². The van der Waals surface area contributed by atoms with Gasteiger partial charge in [-0.1, -0.05) is 12.8 Å². The van der Waals surface area contributed by atoms with E-state index in [0.717, 1.165) is 18.4 Å². The molecule has 5 nitrogen and oxygen atoms in total. The van der Waals surface area contributed by atoms with Crippen molar-refractivity contribution in [1.82, 2.24) is 10.2 Å². The van der Waals surface area contributed by atoms with Crippen molar-refractivity contribution in [2.24, 2.45) is 5.41 Å². The van der Waals surface area contributed by atoms with Gasteiger partial charge in [-0.15, -0.1) is 0 Å². The maximum atomic E-state index is 12.0. The normalized spacial score (nSPS) is 16.9. The van der Waals surface area contributed by atoms with E-state index in [4.69, 9.17) is 0 Å². The molecular formula is C14H20N2O3S. The van der Waals surface area contributed by atoms with Gasteiger partial charge < -0.3 is 15.3 Å².